The molecule has 0 aliphatic carbocycles. The number of hydrogen-bond acceptors (Lipinski definition) is 3. The standard InChI is InChI=1S/C2H2F2O5S.Na.H/c3-2(4,1(5)6)10(7,8)9;;/h(H,5,6)(H,7,8,9);;. The van der Waals surface area contributed by atoms with E-state index < -0.39 is 21.3 Å². The van der Waals surface area contributed by atoms with Gasteiger partial charge in [-0.25, -0.2) is 4.79 Å². The Labute approximate surface area is 82.4 Å². The predicted octanol–water partition coefficient (Wildman–Crippen LogP) is -1.10. The van der Waals surface area contributed by atoms with Crippen molar-refractivity contribution in [3.05, 3.63) is 0 Å². The molecule has 0 saturated heterocycles. The Kier molecular flexibility index (Phi) is 4.72. The van der Waals surface area contributed by atoms with Gasteiger partial charge in [-0.05, 0) is 0 Å². The van der Waals surface area contributed by atoms with Gasteiger partial charge in [-0.3, -0.25) is 4.55 Å². The summed E-state index contributed by atoms with van der Waals surface area (Å²) in [6, 6.07) is 0. The molecule has 0 amide bonds. The van der Waals surface area contributed by atoms with E-state index in [9.17, 15) is 22.0 Å². The number of rotatable bonds is 2. The molecule has 0 atom stereocenters. The number of halogens is 2. The first kappa shape index (κ1) is 13.8. The summed E-state index contributed by atoms with van der Waals surface area (Å²) in [7, 11) is -5.83. The maximum atomic E-state index is 11.6. The molecule has 0 rings (SSSR count). The quantitative estimate of drug-likeness (QED) is 0.436. The Bertz CT molecular complexity index is 245. The van der Waals surface area contributed by atoms with Gasteiger partial charge in [-0.15, -0.1) is 0 Å². The van der Waals surface area contributed by atoms with Crippen LogP contribution >= 0.6 is 0 Å². The first-order valence-electron chi connectivity index (χ1n) is 1.78. The van der Waals surface area contributed by atoms with Crippen molar-refractivity contribution in [2.45, 2.75) is 5.25 Å². The Morgan fingerprint density at radius 3 is 1.64 bits per heavy atom. The monoisotopic (exact) mass is 200 g/mol. The van der Waals surface area contributed by atoms with Gasteiger partial charge in [0.2, 0.25) is 0 Å². The molecule has 0 aliphatic rings. The van der Waals surface area contributed by atoms with Crippen LogP contribution in [0, 0.1) is 0 Å². The third kappa shape index (κ3) is 2.99. The van der Waals surface area contributed by atoms with Gasteiger partial charge in [-0.1, -0.05) is 0 Å². The summed E-state index contributed by atoms with van der Waals surface area (Å²) < 4.78 is 49.8. The molecule has 9 heteroatoms. The Morgan fingerprint density at radius 2 is 1.64 bits per heavy atom. The second kappa shape index (κ2) is 3.76. The van der Waals surface area contributed by atoms with E-state index in [0.717, 1.165) is 0 Å². The van der Waals surface area contributed by atoms with Gasteiger partial charge >= 0.3 is 50.9 Å². The van der Waals surface area contributed by atoms with Crippen molar-refractivity contribution in [2.24, 2.45) is 0 Å². The Hall–Kier alpha value is 0.240. The van der Waals surface area contributed by atoms with Crippen molar-refractivity contribution in [1.29, 1.82) is 0 Å². The van der Waals surface area contributed by atoms with E-state index in [-0.39, 0.29) is 29.6 Å². The fraction of sp³-hybridized carbons (Fsp3) is 0.500. The number of carboxylic acids is 1. The normalized spacial score (nSPS) is 11.9. The van der Waals surface area contributed by atoms with Gasteiger partial charge in [0.1, 0.15) is 0 Å². The van der Waals surface area contributed by atoms with Crippen LogP contribution in [0.3, 0.4) is 0 Å². The molecule has 0 aromatic rings. The van der Waals surface area contributed by atoms with Crippen LogP contribution < -0.4 is 0 Å². The second-order valence-corrected chi connectivity index (χ2v) is 2.76. The summed E-state index contributed by atoms with van der Waals surface area (Å²) in [5, 5.41) is 2.37. The topological polar surface area (TPSA) is 91.7 Å². The average molecular weight is 200 g/mol. The molecular weight excluding hydrogens is 197 g/mol. The summed E-state index contributed by atoms with van der Waals surface area (Å²) >= 11 is 0. The van der Waals surface area contributed by atoms with Crippen LogP contribution in [0.15, 0.2) is 0 Å². The number of aliphatic carboxylic acids is 1. The fourth-order valence-corrected chi connectivity index (χ4v) is 0.331. The molecule has 0 bridgehead atoms. The van der Waals surface area contributed by atoms with Gasteiger partial charge in [0.15, 0.2) is 0 Å². The van der Waals surface area contributed by atoms with Crippen LogP contribution in [0.1, 0.15) is 0 Å². The summed E-state index contributed by atoms with van der Waals surface area (Å²) in [5.74, 6) is -2.91. The Balaban J connectivity index is 0. The van der Waals surface area contributed by atoms with Crippen molar-refractivity contribution in [3.8, 4) is 0 Å². The molecule has 0 spiro atoms. The Morgan fingerprint density at radius 1 is 1.36 bits per heavy atom. The zero-order valence-electron chi connectivity index (χ0n) is 4.28. The molecule has 0 aromatic carbocycles. The van der Waals surface area contributed by atoms with E-state index in [4.69, 9.17) is 9.66 Å². The van der Waals surface area contributed by atoms with Crippen molar-refractivity contribution in [2.75, 3.05) is 0 Å². The maximum absolute atomic E-state index is 11.6. The molecule has 2 N–H and O–H groups in total. The molecule has 0 saturated carbocycles. The van der Waals surface area contributed by atoms with Crippen LogP contribution in [0.4, 0.5) is 8.78 Å². The molecule has 0 unspecified atom stereocenters. The summed E-state index contributed by atoms with van der Waals surface area (Å²) in [5.41, 5.74) is 0. The zero-order valence-corrected chi connectivity index (χ0v) is 5.10. The van der Waals surface area contributed by atoms with Crippen molar-refractivity contribution < 1.29 is 31.7 Å². The van der Waals surface area contributed by atoms with Crippen LogP contribution in [0.5, 0.6) is 0 Å². The van der Waals surface area contributed by atoms with Gasteiger partial charge in [0.25, 0.3) is 0 Å². The molecule has 0 radical (unpaired) electrons. The first-order valence-corrected chi connectivity index (χ1v) is 3.22. The third-order valence-corrected chi connectivity index (χ3v) is 1.40. The summed E-state index contributed by atoms with van der Waals surface area (Å²) in [4.78, 5) is 9.38. The van der Waals surface area contributed by atoms with E-state index in [1.165, 1.54) is 0 Å². The van der Waals surface area contributed by atoms with Crippen LogP contribution in [0.2, 0.25) is 0 Å². The minimum absolute atomic E-state index is 0. The molecule has 62 valence electrons. The second-order valence-electron chi connectivity index (χ2n) is 1.30. The van der Waals surface area contributed by atoms with E-state index in [0.29, 0.717) is 0 Å². The van der Waals surface area contributed by atoms with Crippen LogP contribution in [-0.4, -0.2) is 58.9 Å². The van der Waals surface area contributed by atoms with E-state index in [2.05, 4.69) is 0 Å². The molecule has 0 aromatic heterocycles. The molecule has 11 heavy (non-hydrogen) atoms. The van der Waals surface area contributed by atoms with Crippen molar-refractivity contribution in [1.82, 2.24) is 0 Å². The summed E-state index contributed by atoms with van der Waals surface area (Å²) in [6.45, 7) is 0. The van der Waals surface area contributed by atoms with Crippen LogP contribution in [0.25, 0.3) is 0 Å². The molecule has 0 fully saturated rings. The van der Waals surface area contributed by atoms with Gasteiger partial charge in [0, 0.05) is 0 Å². The van der Waals surface area contributed by atoms with Gasteiger partial charge in [0.05, 0.1) is 0 Å². The van der Waals surface area contributed by atoms with Crippen molar-refractivity contribution in [3.63, 3.8) is 0 Å². The number of carbonyl (C=O) groups is 1. The molecule has 5 nitrogen and oxygen atoms in total. The SMILES string of the molecule is O=C(O)C(F)(F)S(=O)(=O)O.[NaH]. The predicted molar refractivity (Wildman–Crippen MR) is 31.3 cm³/mol. The molecule has 0 heterocycles. The average Bonchev–Trinajstić information content (AvgIpc) is 1.62. The molecule has 0 aliphatic heterocycles. The number of alkyl halides is 2. The third-order valence-electron chi connectivity index (χ3n) is 0.573. The molecular formula is C2H3F2NaO5S. The van der Waals surface area contributed by atoms with Gasteiger partial charge in [-0.2, -0.15) is 17.2 Å². The summed E-state index contributed by atoms with van der Waals surface area (Å²) in [6.07, 6.45) is 0. The van der Waals surface area contributed by atoms with E-state index >= 15 is 0 Å². The van der Waals surface area contributed by atoms with E-state index in [1.54, 1.807) is 0 Å². The fourth-order valence-electron chi connectivity index (χ4n) is 0.110. The number of carboxylic acid groups (broad SMARTS) is 1. The van der Waals surface area contributed by atoms with Gasteiger partial charge < -0.3 is 5.11 Å². The van der Waals surface area contributed by atoms with E-state index in [1.807, 2.05) is 0 Å². The van der Waals surface area contributed by atoms with Crippen molar-refractivity contribution >= 4 is 45.6 Å². The van der Waals surface area contributed by atoms with Crippen LogP contribution in [-0.2, 0) is 14.9 Å². The number of hydrogen-bond donors (Lipinski definition) is 2. The zero-order chi connectivity index (χ0) is 8.58. The first-order chi connectivity index (χ1) is 4.19. The minimum atomic E-state index is -5.83.